The highest BCUT2D eigenvalue weighted by Crippen LogP contribution is 2.42. The van der Waals surface area contributed by atoms with E-state index in [0.717, 1.165) is 21.5 Å². The van der Waals surface area contributed by atoms with Crippen molar-refractivity contribution in [1.82, 2.24) is 0 Å². The molecule has 0 saturated carbocycles. The van der Waals surface area contributed by atoms with Crippen LogP contribution in [-0.4, -0.2) is 36.4 Å². The quantitative estimate of drug-likeness (QED) is 0.290. The van der Waals surface area contributed by atoms with Crippen LogP contribution in [0.5, 0.6) is 11.5 Å². The highest BCUT2D eigenvalue weighted by Gasteiger charge is 2.20. The largest absolute Gasteiger partial charge is 0.492 e. The number of benzene rings is 3. The van der Waals surface area contributed by atoms with E-state index in [2.05, 4.69) is 0 Å². The first-order valence-corrected chi connectivity index (χ1v) is 11.6. The zero-order valence-electron chi connectivity index (χ0n) is 20.9. The van der Waals surface area contributed by atoms with Crippen molar-refractivity contribution in [2.75, 3.05) is 13.2 Å². The average molecular weight is 467 g/mol. The Labute approximate surface area is 201 Å². The van der Waals surface area contributed by atoms with E-state index in [0.29, 0.717) is 11.5 Å². The van der Waals surface area contributed by atoms with Crippen LogP contribution in [0.15, 0.2) is 48.5 Å². The summed E-state index contributed by atoms with van der Waals surface area (Å²) in [5, 5.41) is 3.49. The van der Waals surface area contributed by atoms with E-state index in [-0.39, 0.29) is 38.0 Å². The van der Waals surface area contributed by atoms with Gasteiger partial charge in [-0.15, -0.1) is 0 Å². The molecule has 0 aromatic heterocycles. The van der Waals surface area contributed by atoms with E-state index in [1.54, 1.807) is 0 Å². The van der Waals surface area contributed by atoms with Crippen molar-refractivity contribution in [2.45, 2.75) is 65.6 Å². The predicted molar refractivity (Wildman–Crippen MR) is 133 cm³/mol. The lowest BCUT2D eigenvalue weighted by molar-refractivity contribution is -0.156. The second kappa shape index (κ2) is 10.3. The van der Waals surface area contributed by atoms with Crippen LogP contribution in [0.4, 0.5) is 0 Å². The number of fused-ring (bicyclic) bond motifs is 2. The molecule has 0 aliphatic carbocycles. The summed E-state index contributed by atoms with van der Waals surface area (Å²) in [5.74, 6) is 0.773. The zero-order valence-corrected chi connectivity index (χ0v) is 20.9. The Morgan fingerprint density at radius 1 is 0.588 bits per heavy atom. The molecule has 0 fully saturated rings. The third kappa shape index (κ3) is 6.86. The number of esters is 2. The zero-order chi connectivity index (χ0) is 24.9. The summed E-state index contributed by atoms with van der Waals surface area (Å²) in [5.41, 5.74) is -1.07. The Morgan fingerprint density at radius 3 is 1.15 bits per heavy atom. The van der Waals surface area contributed by atoms with Crippen molar-refractivity contribution in [2.24, 2.45) is 0 Å². The topological polar surface area (TPSA) is 71.1 Å². The van der Waals surface area contributed by atoms with E-state index in [1.807, 2.05) is 90.1 Å². The Hall–Kier alpha value is -3.28. The van der Waals surface area contributed by atoms with Crippen LogP contribution in [0.3, 0.4) is 0 Å². The molecule has 0 amide bonds. The van der Waals surface area contributed by atoms with Gasteiger partial charge in [0.1, 0.15) is 22.7 Å². The van der Waals surface area contributed by atoms with Gasteiger partial charge < -0.3 is 18.9 Å². The number of carbonyl (C=O) groups is 2. The summed E-state index contributed by atoms with van der Waals surface area (Å²) in [6.45, 7) is 11.4. The van der Waals surface area contributed by atoms with Gasteiger partial charge in [-0.05, 0) is 41.5 Å². The third-order valence-electron chi connectivity index (χ3n) is 4.78. The smallest absolute Gasteiger partial charge is 0.309 e. The highest BCUT2D eigenvalue weighted by atomic mass is 16.6. The molecule has 3 aromatic rings. The monoisotopic (exact) mass is 466 g/mol. The molecule has 0 atom stereocenters. The predicted octanol–water partition coefficient (Wildman–Crippen LogP) is 6.21. The average Bonchev–Trinajstić information content (AvgIpc) is 2.72. The number of rotatable bonds is 8. The van der Waals surface area contributed by atoms with E-state index in [4.69, 9.17) is 18.9 Å². The minimum absolute atomic E-state index is 0.147. The van der Waals surface area contributed by atoms with Crippen LogP contribution in [0.1, 0.15) is 54.4 Å². The van der Waals surface area contributed by atoms with Gasteiger partial charge in [-0.2, -0.15) is 0 Å². The van der Waals surface area contributed by atoms with Gasteiger partial charge >= 0.3 is 11.9 Å². The van der Waals surface area contributed by atoms with Gasteiger partial charge in [-0.3, -0.25) is 9.59 Å². The van der Waals surface area contributed by atoms with E-state index in [9.17, 15) is 9.59 Å². The van der Waals surface area contributed by atoms with E-state index in [1.165, 1.54) is 0 Å². The van der Waals surface area contributed by atoms with Crippen molar-refractivity contribution in [3.8, 4) is 11.5 Å². The van der Waals surface area contributed by atoms with Crippen molar-refractivity contribution < 1.29 is 28.5 Å². The highest BCUT2D eigenvalue weighted by molar-refractivity contribution is 6.11. The second-order valence-corrected chi connectivity index (χ2v) is 10.1. The summed E-state index contributed by atoms with van der Waals surface area (Å²) >= 11 is 0. The maximum atomic E-state index is 12.1. The van der Waals surface area contributed by atoms with Crippen molar-refractivity contribution in [1.29, 1.82) is 0 Å². The molecule has 0 unspecified atom stereocenters. The summed E-state index contributed by atoms with van der Waals surface area (Å²) in [6, 6.07) is 15.6. The molecule has 34 heavy (non-hydrogen) atoms. The molecule has 6 nitrogen and oxygen atoms in total. The Morgan fingerprint density at radius 2 is 0.882 bits per heavy atom. The fourth-order valence-electron chi connectivity index (χ4n) is 3.62. The molecule has 0 aliphatic rings. The fraction of sp³-hybridized carbons (Fsp3) is 0.429. The molecule has 6 heteroatoms. The molecule has 0 bridgehead atoms. The first kappa shape index (κ1) is 25.3. The van der Waals surface area contributed by atoms with Gasteiger partial charge in [0.05, 0.1) is 26.1 Å². The van der Waals surface area contributed by atoms with Crippen molar-refractivity contribution >= 4 is 33.5 Å². The number of ether oxygens (including phenoxy) is 4. The molecule has 0 heterocycles. The lowest BCUT2D eigenvalue weighted by Gasteiger charge is -2.21. The minimum Gasteiger partial charge on any atom is -0.492 e. The van der Waals surface area contributed by atoms with Gasteiger partial charge in [0, 0.05) is 21.5 Å². The summed E-state index contributed by atoms with van der Waals surface area (Å²) in [7, 11) is 0. The lowest BCUT2D eigenvalue weighted by atomic mass is 10.0. The summed E-state index contributed by atoms with van der Waals surface area (Å²) in [4.78, 5) is 24.3. The van der Waals surface area contributed by atoms with Crippen molar-refractivity contribution in [3.63, 3.8) is 0 Å². The van der Waals surface area contributed by atoms with Gasteiger partial charge in [0.25, 0.3) is 0 Å². The third-order valence-corrected chi connectivity index (χ3v) is 4.78. The standard InChI is InChI=1S/C28H34O6/c1-27(2,3)33-23(29)15-17-31-25-19-11-7-9-13-21(19)26(22-14-10-8-12-20(22)25)32-18-16-24(30)34-28(4,5)6/h7-14H,15-18H2,1-6H3. The summed E-state index contributed by atoms with van der Waals surface area (Å²) < 4.78 is 23.1. The van der Waals surface area contributed by atoms with Gasteiger partial charge in [-0.25, -0.2) is 0 Å². The number of carbonyl (C=O) groups excluding carboxylic acids is 2. The van der Waals surface area contributed by atoms with Crippen LogP contribution in [0, 0.1) is 0 Å². The minimum atomic E-state index is -0.533. The first-order chi connectivity index (χ1) is 15.9. The number of hydrogen-bond acceptors (Lipinski definition) is 6. The molecule has 0 spiro atoms. The van der Waals surface area contributed by atoms with Crippen LogP contribution < -0.4 is 9.47 Å². The van der Waals surface area contributed by atoms with E-state index >= 15 is 0 Å². The number of hydrogen-bond donors (Lipinski definition) is 0. The second-order valence-electron chi connectivity index (χ2n) is 10.1. The molecular weight excluding hydrogens is 432 g/mol. The maximum absolute atomic E-state index is 12.1. The van der Waals surface area contributed by atoms with Crippen LogP contribution in [-0.2, 0) is 19.1 Å². The van der Waals surface area contributed by atoms with E-state index < -0.39 is 11.2 Å². The van der Waals surface area contributed by atoms with Crippen LogP contribution in [0.25, 0.3) is 21.5 Å². The normalized spacial score (nSPS) is 11.9. The van der Waals surface area contributed by atoms with Gasteiger partial charge in [0.15, 0.2) is 0 Å². The Bertz CT molecular complexity index is 1020. The fourth-order valence-corrected chi connectivity index (χ4v) is 3.62. The SMILES string of the molecule is CC(C)(C)OC(=O)CCOc1c2ccccc2c(OCCC(=O)OC(C)(C)C)c2ccccc12. The van der Waals surface area contributed by atoms with Crippen molar-refractivity contribution in [3.05, 3.63) is 48.5 Å². The lowest BCUT2D eigenvalue weighted by Crippen LogP contribution is -2.25. The molecule has 3 rings (SSSR count). The van der Waals surface area contributed by atoms with Crippen LogP contribution >= 0.6 is 0 Å². The van der Waals surface area contributed by atoms with Crippen LogP contribution in [0.2, 0.25) is 0 Å². The molecular formula is C28H34O6. The first-order valence-electron chi connectivity index (χ1n) is 11.6. The Balaban J connectivity index is 1.86. The maximum Gasteiger partial charge on any atom is 0.309 e. The molecule has 3 aromatic carbocycles. The molecule has 182 valence electrons. The molecule has 0 N–H and O–H groups in total. The van der Waals surface area contributed by atoms with Gasteiger partial charge in [-0.1, -0.05) is 48.5 Å². The Kier molecular flexibility index (Phi) is 7.70. The molecule has 0 saturated heterocycles. The molecule has 0 radical (unpaired) electrons. The molecule has 0 aliphatic heterocycles. The van der Waals surface area contributed by atoms with Gasteiger partial charge in [0.2, 0.25) is 0 Å². The summed E-state index contributed by atoms with van der Waals surface area (Å²) in [6.07, 6.45) is 0.294.